The lowest BCUT2D eigenvalue weighted by Gasteiger charge is -2.11. The largest absolute Gasteiger partial charge is 0.488 e. The van der Waals surface area contributed by atoms with Crippen LogP contribution in [0.15, 0.2) is 48.0 Å². The summed E-state index contributed by atoms with van der Waals surface area (Å²) >= 11 is 5.86. The molecule has 2 rings (SSSR count). The second-order valence-electron chi connectivity index (χ2n) is 5.73. The molecule has 0 aliphatic rings. The Morgan fingerprint density at radius 2 is 1.86 bits per heavy atom. The zero-order valence-electron chi connectivity index (χ0n) is 15.3. The summed E-state index contributed by atoms with van der Waals surface area (Å²) in [5.41, 5.74) is 0.631. The van der Waals surface area contributed by atoms with Gasteiger partial charge >= 0.3 is 5.97 Å². The van der Waals surface area contributed by atoms with E-state index in [2.05, 4.69) is 0 Å². The van der Waals surface area contributed by atoms with Gasteiger partial charge in [0.2, 0.25) is 0 Å². The molecule has 0 saturated heterocycles. The molecule has 8 heteroatoms. The van der Waals surface area contributed by atoms with E-state index >= 15 is 0 Å². The van der Waals surface area contributed by atoms with Crippen molar-refractivity contribution in [2.24, 2.45) is 0 Å². The molecule has 0 unspecified atom stereocenters. The number of carbonyl (C=O) groups excluding carboxylic acids is 2. The van der Waals surface area contributed by atoms with Crippen LogP contribution in [0.25, 0.3) is 6.08 Å². The Hall–Kier alpha value is -3.19. The molecule has 146 valence electrons. The lowest BCUT2D eigenvalue weighted by molar-refractivity contribution is -0.384. The molecule has 0 fully saturated rings. The SMILES string of the molecule is CCOC(=O)/C(=C/c1cc([N+](=O)[O-])ccc1OCc1ccc(Cl)cc1)C(C)=O. The molecule has 2 aromatic carbocycles. The van der Waals surface area contributed by atoms with Crippen molar-refractivity contribution in [3.8, 4) is 5.75 Å². The quantitative estimate of drug-likeness (QED) is 0.162. The highest BCUT2D eigenvalue weighted by molar-refractivity contribution is 6.30. The molecule has 0 radical (unpaired) electrons. The molecule has 0 aliphatic heterocycles. The minimum Gasteiger partial charge on any atom is -0.488 e. The van der Waals surface area contributed by atoms with Crippen molar-refractivity contribution in [1.29, 1.82) is 0 Å². The van der Waals surface area contributed by atoms with E-state index in [-0.39, 0.29) is 35.8 Å². The maximum atomic E-state index is 12.0. The summed E-state index contributed by atoms with van der Waals surface area (Å²) in [4.78, 5) is 34.4. The average Bonchev–Trinajstić information content (AvgIpc) is 2.65. The normalized spacial score (nSPS) is 11.0. The van der Waals surface area contributed by atoms with Crippen molar-refractivity contribution in [1.82, 2.24) is 0 Å². The van der Waals surface area contributed by atoms with Gasteiger partial charge in [-0.25, -0.2) is 4.79 Å². The molecule has 0 heterocycles. The van der Waals surface area contributed by atoms with E-state index in [1.165, 1.54) is 31.2 Å². The highest BCUT2D eigenvalue weighted by Gasteiger charge is 2.18. The van der Waals surface area contributed by atoms with Crippen LogP contribution in [-0.2, 0) is 20.9 Å². The van der Waals surface area contributed by atoms with Gasteiger partial charge < -0.3 is 9.47 Å². The number of carbonyl (C=O) groups is 2. The number of rotatable bonds is 8. The van der Waals surface area contributed by atoms with E-state index in [1.54, 1.807) is 31.2 Å². The fourth-order valence-electron chi connectivity index (χ4n) is 2.30. The van der Waals surface area contributed by atoms with E-state index in [0.29, 0.717) is 5.02 Å². The van der Waals surface area contributed by atoms with E-state index in [0.717, 1.165) is 5.56 Å². The zero-order chi connectivity index (χ0) is 20.7. The summed E-state index contributed by atoms with van der Waals surface area (Å²) in [7, 11) is 0. The monoisotopic (exact) mass is 403 g/mol. The van der Waals surface area contributed by atoms with Crippen LogP contribution in [0, 0.1) is 10.1 Å². The first-order chi connectivity index (χ1) is 13.3. The standard InChI is InChI=1S/C20H18ClNO6/c1-3-27-20(24)18(13(2)23)11-15-10-17(22(25)26)8-9-19(15)28-12-14-4-6-16(21)7-5-14/h4-11H,3,12H2,1-2H3/b18-11+. The van der Waals surface area contributed by atoms with Crippen molar-refractivity contribution >= 4 is 35.1 Å². The Bertz CT molecular complexity index is 921. The number of ketones is 1. The second-order valence-corrected chi connectivity index (χ2v) is 6.17. The van der Waals surface area contributed by atoms with E-state index < -0.39 is 16.7 Å². The number of nitrogens with zero attached hydrogens (tertiary/aromatic N) is 1. The van der Waals surface area contributed by atoms with Crippen LogP contribution in [0.5, 0.6) is 5.75 Å². The van der Waals surface area contributed by atoms with Crippen LogP contribution in [0.1, 0.15) is 25.0 Å². The molecule has 0 aromatic heterocycles. The molecular formula is C20H18ClNO6. The summed E-state index contributed by atoms with van der Waals surface area (Å²) in [6.07, 6.45) is 1.24. The third-order valence-corrected chi connectivity index (χ3v) is 3.94. The molecule has 7 nitrogen and oxygen atoms in total. The maximum absolute atomic E-state index is 12.0. The molecule has 0 bridgehead atoms. The van der Waals surface area contributed by atoms with Gasteiger partial charge in [0, 0.05) is 22.7 Å². The van der Waals surface area contributed by atoms with Gasteiger partial charge in [-0.05, 0) is 43.7 Å². The van der Waals surface area contributed by atoms with Gasteiger partial charge in [-0.3, -0.25) is 14.9 Å². The number of non-ortho nitro benzene ring substituents is 1. The van der Waals surface area contributed by atoms with Crippen molar-refractivity contribution in [2.45, 2.75) is 20.5 Å². The van der Waals surface area contributed by atoms with Crippen LogP contribution in [0.2, 0.25) is 5.02 Å². The Morgan fingerprint density at radius 1 is 1.18 bits per heavy atom. The molecule has 0 amide bonds. The third kappa shape index (κ3) is 5.65. The lowest BCUT2D eigenvalue weighted by Crippen LogP contribution is -2.13. The Labute approximate surface area is 166 Å². The Morgan fingerprint density at radius 3 is 2.43 bits per heavy atom. The third-order valence-electron chi connectivity index (χ3n) is 3.69. The molecule has 2 aromatic rings. The number of ether oxygens (including phenoxy) is 2. The number of esters is 1. The maximum Gasteiger partial charge on any atom is 0.341 e. The topological polar surface area (TPSA) is 95.7 Å². The second kappa shape index (κ2) is 9.66. The van der Waals surface area contributed by atoms with Crippen molar-refractivity contribution in [3.63, 3.8) is 0 Å². The summed E-state index contributed by atoms with van der Waals surface area (Å²) in [6, 6.07) is 10.9. The highest BCUT2D eigenvalue weighted by Crippen LogP contribution is 2.28. The number of halogens is 1. The van der Waals surface area contributed by atoms with Gasteiger partial charge in [0.1, 0.15) is 17.9 Å². The molecule has 28 heavy (non-hydrogen) atoms. The molecular weight excluding hydrogens is 386 g/mol. The first-order valence-corrected chi connectivity index (χ1v) is 8.75. The number of Topliss-reactive ketones (excluding diaryl/α,β-unsaturated/α-hetero) is 1. The fourth-order valence-corrected chi connectivity index (χ4v) is 2.43. The molecule has 0 atom stereocenters. The molecule has 0 N–H and O–H groups in total. The Kier molecular flexibility index (Phi) is 7.28. The number of benzene rings is 2. The van der Waals surface area contributed by atoms with Crippen molar-refractivity contribution < 1.29 is 24.0 Å². The number of nitro groups is 1. The minimum absolute atomic E-state index is 0.0956. The van der Waals surface area contributed by atoms with Gasteiger partial charge in [-0.15, -0.1) is 0 Å². The predicted octanol–water partition coefficient (Wildman–Crippen LogP) is 4.36. The van der Waals surface area contributed by atoms with Crippen LogP contribution in [0.3, 0.4) is 0 Å². The first-order valence-electron chi connectivity index (χ1n) is 8.37. The van der Waals surface area contributed by atoms with E-state index in [4.69, 9.17) is 21.1 Å². The highest BCUT2D eigenvalue weighted by atomic mass is 35.5. The zero-order valence-corrected chi connectivity index (χ0v) is 16.1. The predicted molar refractivity (Wildman–Crippen MR) is 104 cm³/mol. The summed E-state index contributed by atoms with van der Waals surface area (Å²) < 4.78 is 10.6. The van der Waals surface area contributed by atoms with Gasteiger partial charge in [0.05, 0.1) is 11.5 Å². The smallest absolute Gasteiger partial charge is 0.341 e. The fraction of sp³-hybridized carbons (Fsp3) is 0.200. The van der Waals surface area contributed by atoms with Gasteiger partial charge in [-0.2, -0.15) is 0 Å². The Balaban J connectivity index is 2.40. The first kappa shape index (κ1) is 21.1. The number of hydrogen-bond acceptors (Lipinski definition) is 6. The van der Waals surface area contributed by atoms with E-state index in [9.17, 15) is 19.7 Å². The van der Waals surface area contributed by atoms with Gasteiger partial charge in [0.15, 0.2) is 5.78 Å². The number of hydrogen-bond donors (Lipinski definition) is 0. The van der Waals surface area contributed by atoms with Crippen LogP contribution in [-0.4, -0.2) is 23.3 Å². The average molecular weight is 404 g/mol. The molecule has 0 saturated carbocycles. The summed E-state index contributed by atoms with van der Waals surface area (Å²) in [5, 5.41) is 11.7. The van der Waals surface area contributed by atoms with Crippen LogP contribution >= 0.6 is 11.6 Å². The molecule has 0 aliphatic carbocycles. The summed E-state index contributed by atoms with van der Waals surface area (Å²) in [6.45, 7) is 3.10. The summed E-state index contributed by atoms with van der Waals surface area (Å²) in [5.74, 6) is -1.04. The molecule has 0 spiro atoms. The van der Waals surface area contributed by atoms with Crippen LogP contribution < -0.4 is 4.74 Å². The minimum atomic E-state index is -0.801. The van der Waals surface area contributed by atoms with E-state index in [1.807, 2.05) is 0 Å². The van der Waals surface area contributed by atoms with Crippen LogP contribution in [0.4, 0.5) is 5.69 Å². The van der Waals surface area contributed by atoms with Crippen molar-refractivity contribution in [3.05, 3.63) is 74.3 Å². The van der Waals surface area contributed by atoms with Gasteiger partial charge in [0.25, 0.3) is 5.69 Å². The lowest BCUT2D eigenvalue weighted by atomic mass is 10.1. The van der Waals surface area contributed by atoms with Crippen molar-refractivity contribution in [2.75, 3.05) is 6.61 Å². The van der Waals surface area contributed by atoms with Gasteiger partial charge in [-0.1, -0.05) is 23.7 Å². The number of nitro benzene ring substituents is 1.